The molecule has 2 aliphatic heterocycles. The van der Waals surface area contributed by atoms with Crippen LogP contribution >= 0.6 is 0 Å². The summed E-state index contributed by atoms with van der Waals surface area (Å²) in [4.78, 5) is 17.1. The molecule has 2 aliphatic rings. The van der Waals surface area contributed by atoms with Crippen molar-refractivity contribution >= 4 is 5.91 Å². The van der Waals surface area contributed by atoms with Crippen LogP contribution in [-0.4, -0.2) is 38.6 Å². The van der Waals surface area contributed by atoms with Crippen molar-refractivity contribution in [3.8, 4) is 0 Å². The molecule has 1 amide bonds. The summed E-state index contributed by atoms with van der Waals surface area (Å²) in [5.41, 5.74) is 4.37. The van der Waals surface area contributed by atoms with E-state index in [-0.39, 0.29) is 5.91 Å². The second-order valence-corrected chi connectivity index (χ2v) is 6.94. The highest BCUT2D eigenvalue weighted by molar-refractivity contribution is 5.94. The summed E-state index contributed by atoms with van der Waals surface area (Å²) in [5, 5.41) is 4.25. The third kappa shape index (κ3) is 2.96. The first-order valence-electron chi connectivity index (χ1n) is 8.81. The van der Waals surface area contributed by atoms with E-state index in [9.17, 15) is 4.79 Å². The maximum absolute atomic E-state index is 12.7. The average Bonchev–Trinajstić information content (AvgIpc) is 3.18. The Balaban J connectivity index is 1.40. The Morgan fingerprint density at radius 3 is 2.54 bits per heavy atom. The zero-order chi connectivity index (χ0) is 16.5. The van der Waals surface area contributed by atoms with Gasteiger partial charge in [-0.25, -0.2) is 0 Å². The fraction of sp³-hybridized carbons (Fsp3) is 0.474. The van der Waals surface area contributed by atoms with Gasteiger partial charge in [-0.1, -0.05) is 18.6 Å². The molecular weight excluding hydrogens is 300 g/mol. The zero-order valence-electron chi connectivity index (χ0n) is 14.2. The van der Waals surface area contributed by atoms with Crippen LogP contribution in [0.25, 0.3) is 0 Å². The smallest absolute Gasteiger partial charge is 0.254 e. The van der Waals surface area contributed by atoms with Gasteiger partial charge in [0.15, 0.2) is 0 Å². The Morgan fingerprint density at radius 1 is 1.08 bits per heavy atom. The van der Waals surface area contributed by atoms with Crippen LogP contribution in [0.3, 0.4) is 0 Å². The molecule has 0 N–H and O–H groups in total. The molecule has 0 unspecified atom stereocenters. The Bertz CT molecular complexity index is 728. The zero-order valence-corrected chi connectivity index (χ0v) is 14.2. The second-order valence-electron chi connectivity index (χ2n) is 6.94. The highest BCUT2D eigenvalue weighted by Gasteiger charge is 2.27. The van der Waals surface area contributed by atoms with E-state index in [4.69, 9.17) is 0 Å². The van der Waals surface area contributed by atoms with Gasteiger partial charge in [0, 0.05) is 31.3 Å². The van der Waals surface area contributed by atoms with Crippen LogP contribution in [0.5, 0.6) is 0 Å². The molecule has 1 saturated heterocycles. The van der Waals surface area contributed by atoms with Crippen molar-refractivity contribution < 1.29 is 4.79 Å². The highest BCUT2D eigenvalue weighted by Crippen LogP contribution is 2.23. The van der Waals surface area contributed by atoms with Crippen molar-refractivity contribution in [2.45, 2.75) is 38.9 Å². The van der Waals surface area contributed by atoms with Crippen LogP contribution in [0.15, 0.2) is 30.5 Å². The van der Waals surface area contributed by atoms with E-state index in [0.29, 0.717) is 13.1 Å². The molecule has 126 valence electrons. The molecule has 1 aromatic heterocycles. The normalized spacial score (nSPS) is 18.0. The molecule has 0 bridgehead atoms. The number of hydrogen-bond donors (Lipinski definition) is 0. The number of carbonyl (C=O) groups excluding carboxylic acids is 1. The summed E-state index contributed by atoms with van der Waals surface area (Å²) in [7, 11) is 1.93. The van der Waals surface area contributed by atoms with Gasteiger partial charge in [0.1, 0.15) is 0 Å². The highest BCUT2D eigenvalue weighted by atomic mass is 16.2. The first-order chi connectivity index (χ1) is 11.7. The number of amides is 1. The molecule has 5 nitrogen and oxygen atoms in total. The molecule has 0 spiro atoms. The second kappa shape index (κ2) is 6.40. The quantitative estimate of drug-likeness (QED) is 0.871. The fourth-order valence-electron chi connectivity index (χ4n) is 3.74. The molecule has 0 radical (unpaired) electrons. The predicted octanol–water partition coefficient (Wildman–Crippen LogP) is 2.56. The maximum atomic E-state index is 12.7. The molecule has 2 aromatic rings. The Kier molecular flexibility index (Phi) is 4.10. The van der Waals surface area contributed by atoms with Crippen molar-refractivity contribution in [3.63, 3.8) is 0 Å². The Labute approximate surface area is 142 Å². The van der Waals surface area contributed by atoms with Crippen LogP contribution in [0.4, 0.5) is 0 Å². The van der Waals surface area contributed by atoms with Crippen LogP contribution in [0.1, 0.15) is 46.4 Å². The number of aromatic nitrogens is 2. The third-order valence-electron chi connectivity index (χ3n) is 5.19. The van der Waals surface area contributed by atoms with E-state index >= 15 is 0 Å². The number of carbonyl (C=O) groups is 1. The molecule has 1 aromatic carbocycles. The largest absolute Gasteiger partial charge is 0.328 e. The first-order valence-corrected chi connectivity index (χ1v) is 8.81. The monoisotopic (exact) mass is 324 g/mol. The Hall–Kier alpha value is -2.14. The molecule has 0 atom stereocenters. The van der Waals surface area contributed by atoms with E-state index in [0.717, 1.165) is 23.4 Å². The number of benzene rings is 1. The van der Waals surface area contributed by atoms with E-state index < -0.39 is 0 Å². The van der Waals surface area contributed by atoms with Crippen LogP contribution in [0, 0.1) is 0 Å². The first kappa shape index (κ1) is 15.4. The van der Waals surface area contributed by atoms with E-state index in [1.807, 2.05) is 35.0 Å². The molecule has 5 heteroatoms. The lowest BCUT2D eigenvalue weighted by molar-refractivity contribution is 0.0748. The van der Waals surface area contributed by atoms with Gasteiger partial charge in [-0.15, -0.1) is 0 Å². The van der Waals surface area contributed by atoms with Crippen LogP contribution in [0.2, 0.25) is 0 Å². The van der Waals surface area contributed by atoms with Gasteiger partial charge in [0.2, 0.25) is 0 Å². The van der Waals surface area contributed by atoms with Crippen molar-refractivity contribution in [3.05, 3.63) is 52.8 Å². The number of aryl methyl sites for hydroxylation is 1. The molecule has 3 heterocycles. The van der Waals surface area contributed by atoms with E-state index in [1.165, 1.54) is 37.9 Å². The summed E-state index contributed by atoms with van der Waals surface area (Å²) in [6.45, 7) is 4.70. The van der Waals surface area contributed by atoms with Gasteiger partial charge in [0.25, 0.3) is 5.91 Å². The van der Waals surface area contributed by atoms with Gasteiger partial charge < -0.3 is 4.90 Å². The minimum absolute atomic E-state index is 0.107. The molecule has 4 rings (SSSR count). The topological polar surface area (TPSA) is 41.4 Å². The summed E-state index contributed by atoms with van der Waals surface area (Å²) >= 11 is 0. The van der Waals surface area contributed by atoms with Gasteiger partial charge in [-0.05, 0) is 43.6 Å². The summed E-state index contributed by atoms with van der Waals surface area (Å²) in [6.07, 6.45) is 5.84. The molecular formula is C19H24N4O. The maximum Gasteiger partial charge on any atom is 0.254 e. The lowest BCUT2D eigenvalue weighted by Gasteiger charge is -2.26. The number of hydrogen-bond acceptors (Lipinski definition) is 3. The summed E-state index contributed by atoms with van der Waals surface area (Å²) in [5.74, 6) is 0.107. The number of piperidine rings is 1. The summed E-state index contributed by atoms with van der Waals surface area (Å²) in [6, 6.07) is 8.16. The standard InChI is InChI=1S/C19H24N4O/c1-21-18-14-23(13-17(18)11-20-21)19(24)16-7-5-15(6-8-16)12-22-9-3-2-4-10-22/h5-8,11H,2-4,9-10,12-14H2,1H3. The van der Waals surface area contributed by atoms with Crippen LogP contribution in [-0.2, 0) is 26.7 Å². The minimum Gasteiger partial charge on any atom is -0.328 e. The van der Waals surface area contributed by atoms with Crippen molar-refractivity contribution in [1.82, 2.24) is 19.6 Å². The summed E-state index contributed by atoms with van der Waals surface area (Å²) < 4.78 is 1.87. The van der Waals surface area contributed by atoms with Crippen LogP contribution < -0.4 is 0 Å². The molecule has 1 fully saturated rings. The number of likely N-dealkylation sites (tertiary alicyclic amines) is 1. The van der Waals surface area contributed by atoms with Gasteiger partial charge >= 0.3 is 0 Å². The lowest BCUT2D eigenvalue weighted by atomic mass is 10.1. The third-order valence-corrected chi connectivity index (χ3v) is 5.19. The number of fused-ring (bicyclic) bond motifs is 1. The van der Waals surface area contributed by atoms with Gasteiger partial charge in [-0.3, -0.25) is 14.4 Å². The van der Waals surface area contributed by atoms with Crippen molar-refractivity contribution in [2.75, 3.05) is 13.1 Å². The molecule has 0 aliphatic carbocycles. The number of rotatable bonds is 3. The van der Waals surface area contributed by atoms with Gasteiger partial charge in [0.05, 0.1) is 18.4 Å². The van der Waals surface area contributed by atoms with Crippen molar-refractivity contribution in [1.29, 1.82) is 0 Å². The minimum atomic E-state index is 0.107. The van der Waals surface area contributed by atoms with Gasteiger partial charge in [-0.2, -0.15) is 5.10 Å². The van der Waals surface area contributed by atoms with E-state index in [1.54, 1.807) is 0 Å². The number of nitrogens with zero attached hydrogens (tertiary/aromatic N) is 4. The van der Waals surface area contributed by atoms with E-state index in [2.05, 4.69) is 22.1 Å². The molecule has 24 heavy (non-hydrogen) atoms. The average molecular weight is 324 g/mol. The van der Waals surface area contributed by atoms with Crippen molar-refractivity contribution in [2.24, 2.45) is 7.05 Å². The molecule has 0 saturated carbocycles. The lowest BCUT2D eigenvalue weighted by Crippen LogP contribution is -2.29. The predicted molar refractivity (Wildman–Crippen MR) is 92.4 cm³/mol. The Morgan fingerprint density at radius 2 is 1.83 bits per heavy atom. The fourth-order valence-corrected chi connectivity index (χ4v) is 3.74. The SMILES string of the molecule is Cn1ncc2c1CN(C(=O)c1ccc(CN3CCCCC3)cc1)C2.